The molecule has 1 saturated heterocycles. The second-order valence-electron chi connectivity index (χ2n) is 9.87. The van der Waals surface area contributed by atoms with Crippen LogP contribution in [0.2, 0.25) is 0 Å². The lowest BCUT2D eigenvalue weighted by atomic mass is 9.86. The van der Waals surface area contributed by atoms with E-state index in [9.17, 15) is 14.7 Å². The summed E-state index contributed by atoms with van der Waals surface area (Å²) >= 11 is 0. The van der Waals surface area contributed by atoms with Crippen molar-refractivity contribution in [1.82, 2.24) is 4.90 Å². The van der Waals surface area contributed by atoms with Crippen molar-refractivity contribution in [3.63, 3.8) is 0 Å². The molecule has 0 saturated carbocycles. The summed E-state index contributed by atoms with van der Waals surface area (Å²) in [4.78, 5) is 26.5. The summed E-state index contributed by atoms with van der Waals surface area (Å²) in [6.45, 7) is 14.3. The van der Waals surface area contributed by atoms with Crippen LogP contribution in [0.4, 0.5) is 0 Å². The Bertz CT molecular complexity index is 658. The molecule has 0 radical (unpaired) electrons. The number of carbonyl (C=O) groups excluding carboxylic acids is 2. The average molecular weight is 426 g/mol. The fourth-order valence-corrected chi connectivity index (χ4v) is 4.35. The first-order valence-corrected chi connectivity index (χ1v) is 11.0. The van der Waals surface area contributed by atoms with Crippen LogP contribution in [-0.2, 0) is 23.8 Å². The maximum atomic E-state index is 12.7. The number of esters is 1. The molecule has 0 bridgehead atoms. The number of hydrogen-bond donors (Lipinski definition) is 1. The number of amides is 1. The van der Waals surface area contributed by atoms with E-state index < -0.39 is 23.3 Å². The fraction of sp³-hybridized carbons (Fsp3) is 0.826. The van der Waals surface area contributed by atoms with Crippen LogP contribution in [0, 0.1) is 0 Å². The van der Waals surface area contributed by atoms with Gasteiger partial charge in [-0.05, 0) is 54.4 Å². The first-order chi connectivity index (χ1) is 13.8. The molecular weight excluding hydrogens is 386 g/mol. The minimum Gasteiger partial charge on any atom is -0.456 e. The summed E-state index contributed by atoms with van der Waals surface area (Å²) in [6, 6.07) is 0. The molecule has 2 heterocycles. The van der Waals surface area contributed by atoms with Crippen molar-refractivity contribution >= 4 is 11.9 Å². The lowest BCUT2D eigenvalue weighted by Crippen LogP contribution is -2.56. The van der Waals surface area contributed by atoms with Gasteiger partial charge in [0.2, 0.25) is 5.91 Å². The van der Waals surface area contributed by atoms with Crippen molar-refractivity contribution in [2.45, 2.75) is 109 Å². The van der Waals surface area contributed by atoms with Gasteiger partial charge in [0.1, 0.15) is 5.60 Å². The summed E-state index contributed by atoms with van der Waals surface area (Å²) in [7, 11) is 0. The second-order valence-corrected chi connectivity index (χ2v) is 9.87. The van der Waals surface area contributed by atoms with E-state index in [1.54, 1.807) is 13.0 Å². The highest BCUT2D eigenvalue weighted by molar-refractivity contribution is 5.90. The average Bonchev–Trinajstić information content (AvgIpc) is 3.04. The zero-order chi connectivity index (χ0) is 22.7. The molecule has 0 aromatic carbocycles. The third-order valence-electron chi connectivity index (χ3n) is 6.42. The van der Waals surface area contributed by atoms with Gasteiger partial charge in [-0.1, -0.05) is 13.0 Å². The van der Waals surface area contributed by atoms with E-state index in [1.165, 1.54) is 0 Å². The molecule has 5 atom stereocenters. The largest absolute Gasteiger partial charge is 0.456 e. The quantitative estimate of drug-likeness (QED) is 0.572. The Morgan fingerprint density at radius 3 is 2.57 bits per heavy atom. The van der Waals surface area contributed by atoms with Crippen molar-refractivity contribution in [2.24, 2.45) is 0 Å². The number of nitrogens with zero attached hydrogens (tertiary/aromatic N) is 1. The predicted octanol–water partition coefficient (Wildman–Crippen LogP) is 2.99. The molecule has 0 aromatic heterocycles. The highest BCUT2D eigenvalue weighted by Gasteiger charge is 2.46. The van der Waals surface area contributed by atoms with Crippen LogP contribution in [0.1, 0.15) is 74.1 Å². The molecule has 1 amide bonds. The van der Waals surface area contributed by atoms with Gasteiger partial charge in [0, 0.05) is 31.2 Å². The molecule has 0 spiro atoms. The highest BCUT2D eigenvalue weighted by Crippen LogP contribution is 2.32. The molecule has 1 N–H and O–H groups in total. The van der Waals surface area contributed by atoms with Gasteiger partial charge in [-0.2, -0.15) is 0 Å². The monoisotopic (exact) mass is 425 g/mol. The van der Waals surface area contributed by atoms with Crippen LogP contribution in [0.5, 0.6) is 0 Å². The molecular formula is C23H39NO6. The molecule has 1 fully saturated rings. The van der Waals surface area contributed by atoms with Crippen molar-refractivity contribution in [3.05, 3.63) is 12.2 Å². The molecule has 7 heteroatoms. The van der Waals surface area contributed by atoms with Crippen molar-refractivity contribution in [3.8, 4) is 0 Å². The molecule has 0 aromatic rings. The predicted molar refractivity (Wildman–Crippen MR) is 114 cm³/mol. The zero-order valence-electron chi connectivity index (χ0n) is 19.6. The van der Waals surface area contributed by atoms with Gasteiger partial charge in [0.05, 0.1) is 24.2 Å². The maximum Gasteiger partial charge on any atom is 0.309 e. The van der Waals surface area contributed by atoms with Gasteiger partial charge in [-0.25, -0.2) is 0 Å². The minimum absolute atomic E-state index is 0.0204. The van der Waals surface area contributed by atoms with Crippen LogP contribution < -0.4 is 0 Å². The first-order valence-electron chi connectivity index (χ1n) is 11.0. The number of carbonyl (C=O) groups is 2. The van der Waals surface area contributed by atoms with Crippen LogP contribution >= 0.6 is 0 Å². The van der Waals surface area contributed by atoms with E-state index in [0.717, 1.165) is 0 Å². The Balaban J connectivity index is 1.89. The summed E-state index contributed by atoms with van der Waals surface area (Å²) in [5, 5.41) is 10.7. The summed E-state index contributed by atoms with van der Waals surface area (Å²) in [5.74, 6) is -0.389. The van der Waals surface area contributed by atoms with E-state index in [0.29, 0.717) is 32.4 Å². The molecule has 2 rings (SSSR count). The summed E-state index contributed by atoms with van der Waals surface area (Å²) in [6.07, 6.45) is 4.07. The Hall–Kier alpha value is -1.44. The Morgan fingerprint density at radius 1 is 1.37 bits per heavy atom. The second kappa shape index (κ2) is 9.37. The first kappa shape index (κ1) is 24.8. The van der Waals surface area contributed by atoms with Gasteiger partial charge in [0.15, 0.2) is 6.10 Å². The lowest BCUT2D eigenvalue weighted by molar-refractivity contribution is -0.221. The Morgan fingerprint density at radius 2 is 2.03 bits per heavy atom. The third-order valence-corrected chi connectivity index (χ3v) is 6.42. The van der Waals surface area contributed by atoms with Gasteiger partial charge < -0.3 is 24.2 Å². The van der Waals surface area contributed by atoms with Gasteiger partial charge in [-0.15, -0.1) is 0 Å². The number of rotatable bonds is 9. The van der Waals surface area contributed by atoms with Crippen molar-refractivity contribution < 1.29 is 28.9 Å². The maximum absolute atomic E-state index is 12.7. The normalized spacial score (nSPS) is 31.7. The van der Waals surface area contributed by atoms with Crippen LogP contribution in [0.25, 0.3) is 0 Å². The van der Waals surface area contributed by atoms with E-state index in [-0.39, 0.29) is 30.1 Å². The van der Waals surface area contributed by atoms with E-state index >= 15 is 0 Å². The smallest absolute Gasteiger partial charge is 0.309 e. The third kappa shape index (κ3) is 6.05. The standard InChI is InChI=1S/C23H39NO6/c1-8-22(6,28-13-11-21(4,5)24-12-9-10-18(24)25)15-19(26)30-20-17(3)29-16(2)14-23(20,7)27/h9-10,16-17,20,27H,8,11-15H2,1-7H3. The van der Waals surface area contributed by atoms with E-state index in [4.69, 9.17) is 14.2 Å². The lowest BCUT2D eigenvalue weighted by Gasteiger charge is -2.43. The minimum atomic E-state index is -1.13. The summed E-state index contributed by atoms with van der Waals surface area (Å²) < 4.78 is 17.5. The molecule has 0 aliphatic carbocycles. The SMILES string of the molecule is CCC(C)(CC(=O)OC1C(C)OC(C)CC1(C)O)OCCC(C)(C)N1CC=CC1=O. The highest BCUT2D eigenvalue weighted by atomic mass is 16.6. The van der Waals surface area contributed by atoms with E-state index in [2.05, 4.69) is 0 Å². The molecule has 2 aliphatic heterocycles. The van der Waals surface area contributed by atoms with Crippen LogP contribution in [-0.4, -0.2) is 70.1 Å². The number of hydrogen-bond acceptors (Lipinski definition) is 6. The van der Waals surface area contributed by atoms with Gasteiger partial charge in [-0.3, -0.25) is 9.59 Å². The Kier molecular flexibility index (Phi) is 7.75. The van der Waals surface area contributed by atoms with Crippen LogP contribution in [0.15, 0.2) is 12.2 Å². The molecule has 172 valence electrons. The van der Waals surface area contributed by atoms with Crippen LogP contribution in [0.3, 0.4) is 0 Å². The van der Waals surface area contributed by atoms with Crippen molar-refractivity contribution in [2.75, 3.05) is 13.2 Å². The molecule has 30 heavy (non-hydrogen) atoms. The number of aliphatic hydroxyl groups is 1. The topological polar surface area (TPSA) is 85.3 Å². The fourth-order valence-electron chi connectivity index (χ4n) is 4.35. The van der Waals surface area contributed by atoms with E-state index in [1.807, 2.05) is 52.5 Å². The molecule has 2 aliphatic rings. The van der Waals surface area contributed by atoms with Crippen molar-refractivity contribution in [1.29, 1.82) is 0 Å². The van der Waals surface area contributed by atoms with Gasteiger partial charge in [0.25, 0.3) is 0 Å². The number of ether oxygens (including phenoxy) is 3. The summed E-state index contributed by atoms with van der Waals surface area (Å²) in [5.41, 5.74) is -2.14. The molecule has 5 unspecified atom stereocenters. The Labute approximate surface area is 180 Å². The zero-order valence-corrected chi connectivity index (χ0v) is 19.6. The van der Waals surface area contributed by atoms with Gasteiger partial charge >= 0.3 is 5.97 Å². The molecule has 7 nitrogen and oxygen atoms in total.